The van der Waals surface area contributed by atoms with E-state index in [2.05, 4.69) is 10.6 Å². The molecule has 3 amide bonds. The van der Waals surface area contributed by atoms with Gasteiger partial charge in [0, 0.05) is 30.8 Å². The van der Waals surface area contributed by atoms with E-state index < -0.39 is 0 Å². The third-order valence-electron chi connectivity index (χ3n) is 7.59. The van der Waals surface area contributed by atoms with Gasteiger partial charge in [-0.1, -0.05) is 6.07 Å². The average Bonchev–Trinajstić information content (AvgIpc) is 2.72. The van der Waals surface area contributed by atoms with Gasteiger partial charge in [-0.2, -0.15) is 0 Å². The number of anilines is 1. The van der Waals surface area contributed by atoms with Crippen LogP contribution in [0.25, 0.3) is 0 Å². The molecule has 0 unspecified atom stereocenters. The van der Waals surface area contributed by atoms with E-state index in [1.54, 1.807) is 29.2 Å². The van der Waals surface area contributed by atoms with Crippen LogP contribution in [-0.2, 0) is 9.59 Å². The summed E-state index contributed by atoms with van der Waals surface area (Å²) in [5.41, 5.74) is 1.29. The van der Waals surface area contributed by atoms with Gasteiger partial charge in [0.2, 0.25) is 11.8 Å². The lowest BCUT2D eigenvalue weighted by Crippen LogP contribution is -2.48. The van der Waals surface area contributed by atoms with Gasteiger partial charge in [-0.3, -0.25) is 14.4 Å². The fourth-order valence-corrected chi connectivity index (χ4v) is 6.72. The molecule has 31 heavy (non-hydrogen) atoms. The molecule has 1 aromatic rings. The monoisotopic (exact) mass is 425 g/mol. The van der Waals surface area contributed by atoms with E-state index in [0.717, 1.165) is 17.8 Å². The molecular weight excluding hydrogens is 390 g/mol. The highest BCUT2D eigenvalue weighted by Crippen LogP contribution is 2.61. The molecule has 4 bridgehead atoms. The minimum absolute atomic E-state index is 0.0115. The molecular formula is C25H35N3O3. The Morgan fingerprint density at radius 2 is 1.58 bits per heavy atom. The molecule has 5 rings (SSSR count). The van der Waals surface area contributed by atoms with Crippen LogP contribution in [0.2, 0.25) is 0 Å². The highest BCUT2D eigenvalue weighted by molar-refractivity contribution is 5.98. The van der Waals surface area contributed by atoms with Crippen molar-refractivity contribution in [3.8, 4) is 0 Å². The van der Waals surface area contributed by atoms with Crippen LogP contribution in [0.1, 0.15) is 69.2 Å². The second-order valence-electron chi connectivity index (χ2n) is 9.98. The first-order valence-electron chi connectivity index (χ1n) is 11.9. The summed E-state index contributed by atoms with van der Waals surface area (Å²) >= 11 is 0. The van der Waals surface area contributed by atoms with Crippen molar-refractivity contribution in [3.63, 3.8) is 0 Å². The van der Waals surface area contributed by atoms with Crippen LogP contribution in [0.4, 0.5) is 5.69 Å². The van der Waals surface area contributed by atoms with Gasteiger partial charge < -0.3 is 15.5 Å². The topological polar surface area (TPSA) is 78.5 Å². The summed E-state index contributed by atoms with van der Waals surface area (Å²) in [7, 11) is 0. The number of hydrogen-bond acceptors (Lipinski definition) is 3. The summed E-state index contributed by atoms with van der Waals surface area (Å²) in [5, 5.41) is 5.63. The second-order valence-corrected chi connectivity index (χ2v) is 9.98. The van der Waals surface area contributed by atoms with Crippen LogP contribution in [0, 0.1) is 23.2 Å². The van der Waals surface area contributed by atoms with E-state index in [1.165, 1.54) is 38.5 Å². The quantitative estimate of drug-likeness (QED) is 0.664. The van der Waals surface area contributed by atoms with Crippen LogP contribution >= 0.6 is 0 Å². The van der Waals surface area contributed by atoms with Crippen molar-refractivity contribution in [2.45, 2.75) is 58.8 Å². The van der Waals surface area contributed by atoms with Gasteiger partial charge in [-0.25, -0.2) is 0 Å². The molecule has 6 heteroatoms. The van der Waals surface area contributed by atoms with Crippen molar-refractivity contribution in [1.82, 2.24) is 10.2 Å². The molecule has 0 aromatic heterocycles. The first-order valence-corrected chi connectivity index (χ1v) is 11.9. The smallest absolute Gasteiger partial charge is 0.253 e. The number of amides is 3. The van der Waals surface area contributed by atoms with Gasteiger partial charge in [-0.05, 0) is 93.7 Å². The zero-order valence-electron chi connectivity index (χ0n) is 18.8. The molecule has 0 spiro atoms. The maximum atomic E-state index is 12.6. The first kappa shape index (κ1) is 21.8. The number of carbonyl (C=O) groups is 3. The van der Waals surface area contributed by atoms with Crippen LogP contribution in [0.3, 0.4) is 0 Å². The van der Waals surface area contributed by atoms with E-state index >= 15 is 0 Å². The summed E-state index contributed by atoms with van der Waals surface area (Å²) in [6.45, 7) is 5.13. The van der Waals surface area contributed by atoms with Gasteiger partial charge in [0.15, 0.2) is 0 Å². The van der Waals surface area contributed by atoms with Gasteiger partial charge in [0.1, 0.15) is 0 Å². The van der Waals surface area contributed by atoms with Crippen molar-refractivity contribution in [2.24, 2.45) is 23.2 Å². The van der Waals surface area contributed by atoms with Crippen LogP contribution in [0.15, 0.2) is 24.3 Å². The summed E-state index contributed by atoms with van der Waals surface area (Å²) in [4.78, 5) is 39.3. The molecule has 4 aliphatic carbocycles. The fourth-order valence-electron chi connectivity index (χ4n) is 6.72. The Hall–Kier alpha value is -2.37. The summed E-state index contributed by atoms with van der Waals surface area (Å²) in [6.07, 6.45) is 8.19. The van der Waals surface area contributed by atoms with Gasteiger partial charge in [-0.15, -0.1) is 0 Å². The minimum Gasteiger partial charge on any atom is -0.347 e. The lowest BCUT2D eigenvalue weighted by molar-refractivity contribution is -0.131. The molecule has 0 radical (unpaired) electrons. The third kappa shape index (κ3) is 4.94. The first-order chi connectivity index (χ1) is 14.9. The Kier molecular flexibility index (Phi) is 6.35. The molecule has 0 heterocycles. The number of rotatable bonds is 8. The van der Waals surface area contributed by atoms with Gasteiger partial charge >= 0.3 is 0 Å². The zero-order valence-corrected chi connectivity index (χ0v) is 18.8. The Labute approximate surface area is 185 Å². The van der Waals surface area contributed by atoms with Crippen molar-refractivity contribution in [2.75, 3.05) is 25.0 Å². The zero-order chi connectivity index (χ0) is 22.0. The molecule has 168 valence electrons. The SMILES string of the molecule is CCN(CC)C(=O)c1cccc(NC(=O)CNC(=O)CC23CC4CC(CC(C4)C2)C3)c1. The Balaban J connectivity index is 1.27. The van der Waals surface area contributed by atoms with E-state index in [1.807, 2.05) is 13.8 Å². The third-order valence-corrected chi connectivity index (χ3v) is 7.59. The van der Waals surface area contributed by atoms with E-state index in [9.17, 15) is 14.4 Å². The molecule has 6 nitrogen and oxygen atoms in total. The van der Waals surface area contributed by atoms with Crippen LogP contribution in [0.5, 0.6) is 0 Å². The lowest BCUT2D eigenvalue weighted by atomic mass is 9.49. The summed E-state index contributed by atoms with van der Waals surface area (Å²) < 4.78 is 0. The van der Waals surface area contributed by atoms with Crippen LogP contribution < -0.4 is 10.6 Å². The Bertz CT molecular complexity index is 811. The van der Waals surface area contributed by atoms with Gasteiger partial charge in [0.25, 0.3) is 5.91 Å². The summed E-state index contributed by atoms with van der Waals surface area (Å²) in [6, 6.07) is 6.96. The number of nitrogens with zero attached hydrogens (tertiary/aromatic N) is 1. The maximum Gasteiger partial charge on any atom is 0.253 e. The largest absolute Gasteiger partial charge is 0.347 e. The lowest BCUT2D eigenvalue weighted by Gasteiger charge is -2.56. The molecule has 2 N–H and O–H groups in total. The minimum atomic E-state index is -0.272. The molecule has 0 aliphatic heterocycles. The summed E-state index contributed by atoms with van der Waals surface area (Å²) in [5.74, 6) is 2.11. The predicted molar refractivity (Wildman–Crippen MR) is 121 cm³/mol. The van der Waals surface area contributed by atoms with E-state index in [4.69, 9.17) is 0 Å². The maximum absolute atomic E-state index is 12.6. The fraction of sp³-hybridized carbons (Fsp3) is 0.640. The molecule has 4 saturated carbocycles. The van der Waals surface area contributed by atoms with Gasteiger partial charge in [0.05, 0.1) is 6.54 Å². The average molecular weight is 426 g/mol. The van der Waals surface area contributed by atoms with E-state index in [0.29, 0.717) is 30.8 Å². The highest BCUT2D eigenvalue weighted by Gasteiger charge is 2.51. The number of hydrogen-bond donors (Lipinski definition) is 2. The van der Waals surface area contributed by atoms with Crippen molar-refractivity contribution < 1.29 is 14.4 Å². The molecule has 4 fully saturated rings. The molecule has 1 aromatic carbocycles. The molecule has 0 atom stereocenters. The number of nitrogens with one attached hydrogen (secondary N) is 2. The van der Waals surface area contributed by atoms with Crippen molar-refractivity contribution in [1.29, 1.82) is 0 Å². The standard InChI is InChI=1S/C25H35N3O3/c1-3-28(4-2)24(31)20-6-5-7-21(11-20)27-23(30)16-26-22(29)15-25-12-17-8-18(13-25)10-19(9-17)14-25/h5-7,11,17-19H,3-4,8-10,12-16H2,1-2H3,(H,26,29)(H,27,30). The predicted octanol–water partition coefficient (Wildman–Crippen LogP) is 3.83. The van der Waals surface area contributed by atoms with E-state index in [-0.39, 0.29) is 29.7 Å². The normalized spacial score (nSPS) is 28.3. The Morgan fingerprint density at radius 3 is 2.16 bits per heavy atom. The molecule has 4 aliphatic rings. The highest BCUT2D eigenvalue weighted by atomic mass is 16.2. The number of carbonyl (C=O) groups excluding carboxylic acids is 3. The van der Waals surface area contributed by atoms with Crippen molar-refractivity contribution in [3.05, 3.63) is 29.8 Å². The van der Waals surface area contributed by atoms with Crippen LogP contribution in [-0.4, -0.2) is 42.3 Å². The Morgan fingerprint density at radius 1 is 0.968 bits per heavy atom. The molecule has 0 saturated heterocycles. The number of benzene rings is 1. The van der Waals surface area contributed by atoms with Crippen molar-refractivity contribution >= 4 is 23.4 Å². The second kappa shape index (κ2) is 9.01.